The first-order valence-corrected chi connectivity index (χ1v) is 8.84. The van der Waals surface area contributed by atoms with E-state index in [1.54, 1.807) is 12.3 Å². The maximum absolute atomic E-state index is 12.9. The van der Waals surface area contributed by atoms with Crippen LogP contribution in [0.1, 0.15) is 19.8 Å². The number of carbonyl (C=O) groups excluding carboxylic acids is 1. The second-order valence-corrected chi connectivity index (χ2v) is 6.50. The van der Waals surface area contributed by atoms with E-state index in [2.05, 4.69) is 9.97 Å². The van der Waals surface area contributed by atoms with Crippen LogP contribution in [-0.2, 0) is 4.79 Å². The third-order valence-corrected chi connectivity index (χ3v) is 4.68. The zero-order valence-electron chi connectivity index (χ0n) is 14.6. The molecule has 2 aromatic rings. The van der Waals surface area contributed by atoms with Gasteiger partial charge in [-0.25, -0.2) is 9.97 Å². The van der Waals surface area contributed by atoms with Crippen molar-refractivity contribution in [3.8, 4) is 17.4 Å². The molecule has 0 saturated carbocycles. The zero-order chi connectivity index (χ0) is 17.9. The molecule has 0 spiro atoms. The van der Waals surface area contributed by atoms with Gasteiger partial charge in [-0.3, -0.25) is 4.79 Å². The molecule has 2 aliphatic heterocycles. The number of piperidine rings is 1. The maximum Gasteiger partial charge on any atom is 0.267 e. The SMILES string of the molecule is CC1Oc2ccccc2OC1C(=O)N1CCC(Oc2ccncn2)CC1. The van der Waals surface area contributed by atoms with Gasteiger partial charge in [0.25, 0.3) is 5.91 Å². The minimum atomic E-state index is -0.621. The first-order chi connectivity index (χ1) is 12.7. The number of carbonyl (C=O) groups is 1. The predicted octanol–water partition coefficient (Wildman–Crippen LogP) is 2.07. The number of aromatic nitrogens is 2. The number of para-hydroxylation sites is 2. The first-order valence-electron chi connectivity index (χ1n) is 8.84. The van der Waals surface area contributed by atoms with Crippen molar-refractivity contribution in [3.63, 3.8) is 0 Å². The van der Waals surface area contributed by atoms with Crippen LogP contribution in [0.3, 0.4) is 0 Å². The lowest BCUT2D eigenvalue weighted by Gasteiger charge is -2.37. The first kappa shape index (κ1) is 16.6. The molecule has 26 heavy (non-hydrogen) atoms. The predicted molar refractivity (Wildman–Crippen MR) is 93.2 cm³/mol. The third kappa shape index (κ3) is 3.42. The summed E-state index contributed by atoms with van der Waals surface area (Å²) in [6.07, 6.45) is 3.74. The van der Waals surface area contributed by atoms with Gasteiger partial charge >= 0.3 is 0 Å². The van der Waals surface area contributed by atoms with Gasteiger partial charge in [0.15, 0.2) is 11.5 Å². The number of amides is 1. The lowest BCUT2D eigenvalue weighted by atomic mass is 10.1. The van der Waals surface area contributed by atoms with Crippen molar-refractivity contribution in [1.29, 1.82) is 0 Å². The Morgan fingerprint density at radius 2 is 1.88 bits per heavy atom. The smallest absolute Gasteiger partial charge is 0.267 e. The Balaban J connectivity index is 1.35. The van der Waals surface area contributed by atoms with Crippen LogP contribution in [0.5, 0.6) is 17.4 Å². The fourth-order valence-corrected chi connectivity index (χ4v) is 3.28. The van der Waals surface area contributed by atoms with E-state index in [0.29, 0.717) is 30.5 Å². The van der Waals surface area contributed by atoms with Crippen molar-refractivity contribution < 1.29 is 19.0 Å². The summed E-state index contributed by atoms with van der Waals surface area (Å²) < 4.78 is 17.6. The fraction of sp³-hybridized carbons (Fsp3) is 0.421. The van der Waals surface area contributed by atoms with Gasteiger partial charge < -0.3 is 19.1 Å². The van der Waals surface area contributed by atoms with Gasteiger partial charge in [0.05, 0.1) is 0 Å². The highest BCUT2D eigenvalue weighted by molar-refractivity contribution is 5.82. The molecule has 0 bridgehead atoms. The Hall–Kier alpha value is -2.83. The lowest BCUT2D eigenvalue weighted by Crippen LogP contribution is -2.53. The molecule has 2 aliphatic rings. The number of fused-ring (bicyclic) bond motifs is 1. The summed E-state index contributed by atoms with van der Waals surface area (Å²) in [7, 11) is 0. The summed E-state index contributed by atoms with van der Waals surface area (Å²) in [5.41, 5.74) is 0. The Morgan fingerprint density at radius 3 is 2.58 bits per heavy atom. The van der Waals surface area contributed by atoms with Gasteiger partial charge in [-0.2, -0.15) is 0 Å². The van der Waals surface area contributed by atoms with Crippen LogP contribution >= 0.6 is 0 Å². The van der Waals surface area contributed by atoms with E-state index in [4.69, 9.17) is 14.2 Å². The van der Waals surface area contributed by atoms with E-state index in [9.17, 15) is 4.79 Å². The van der Waals surface area contributed by atoms with Gasteiger partial charge in [-0.05, 0) is 19.1 Å². The van der Waals surface area contributed by atoms with E-state index in [1.807, 2.05) is 36.1 Å². The average Bonchev–Trinajstić information content (AvgIpc) is 2.68. The summed E-state index contributed by atoms with van der Waals surface area (Å²) in [5.74, 6) is 1.83. The molecular weight excluding hydrogens is 334 g/mol. The van der Waals surface area contributed by atoms with Crippen LogP contribution in [0, 0.1) is 0 Å². The molecule has 7 nitrogen and oxygen atoms in total. The van der Waals surface area contributed by atoms with Crippen LogP contribution in [0.4, 0.5) is 0 Å². The van der Waals surface area contributed by atoms with Crippen molar-refractivity contribution in [2.24, 2.45) is 0 Å². The maximum atomic E-state index is 12.9. The van der Waals surface area contributed by atoms with Crippen LogP contribution in [0.2, 0.25) is 0 Å². The number of likely N-dealkylation sites (tertiary alicyclic amines) is 1. The number of hydrogen-bond acceptors (Lipinski definition) is 6. The molecule has 136 valence electrons. The van der Waals surface area contributed by atoms with Crippen molar-refractivity contribution in [1.82, 2.24) is 14.9 Å². The Labute approximate surface area is 151 Å². The van der Waals surface area contributed by atoms with Crippen LogP contribution in [0.15, 0.2) is 42.9 Å². The van der Waals surface area contributed by atoms with E-state index >= 15 is 0 Å². The number of nitrogens with zero attached hydrogens (tertiary/aromatic N) is 3. The highest BCUT2D eigenvalue weighted by atomic mass is 16.6. The van der Waals surface area contributed by atoms with E-state index in [0.717, 1.165) is 12.8 Å². The molecule has 1 aromatic heterocycles. The van der Waals surface area contributed by atoms with Gasteiger partial charge in [0, 0.05) is 38.2 Å². The molecule has 0 aliphatic carbocycles. The summed E-state index contributed by atoms with van der Waals surface area (Å²) in [5, 5.41) is 0. The normalized spacial score (nSPS) is 22.7. The second kappa shape index (κ2) is 7.19. The van der Waals surface area contributed by atoms with Crippen molar-refractivity contribution in [2.75, 3.05) is 13.1 Å². The number of rotatable bonds is 3. The average molecular weight is 355 g/mol. The molecule has 1 fully saturated rings. The quantitative estimate of drug-likeness (QED) is 0.839. The molecule has 1 amide bonds. The Morgan fingerprint density at radius 1 is 1.15 bits per heavy atom. The zero-order valence-corrected chi connectivity index (χ0v) is 14.6. The highest BCUT2D eigenvalue weighted by Gasteiger charge is 2.38. The van der Waals surface area contributed by atoms with Crippen LogP contribution in [0.25, 0.3) is 0 Å². The van der Waals surface area contributed by atoms with Gasteiger partial charge in [0.1, 0.15) is 18.5 Å². The van der Waals surface area contributed by atoms with E-state index in [1.165, 1.54) is 6.33 Å². The van der Waals surface area contributed by atoms with Gasteiger partial charge in [0.2, 0.25) is 12.0 Å². The molecule has 4 rings (SSSR count). The van der Waals surface area contributed by atoms with Crippen LogP contribution in [-0.4, -0.2) is 52.2 Å². The van der Waals surface area contributed by atoms with Crippen molar-refractivity contribution in [3.05, 3.63) is 42.9 Å². The molecule has 3 heterocycles. The minimum Gasteiger partial charge on any atom is -0.482 e. The van der Waals surface area contributed by atoms with Crippen molar-refractivity contribution >= 4 is 5.91 Å². The molecule has 2 unspecified atom stereocenters. The number of hydrogen-bond donors (Lipinski definition) is 0. The topological polar surface area (TPSA) is 73.8 Å². The second-order valence-electron chi connectivity index (χ2n) is 6.50. The molecule has 0 N–H and O–H groups in total. The fourth-order valence-electron chi connectivity index (χ4n) is 3.28. The summed E-state index contributed by atoms with van der Waals surface area (Å²) in [6, 6.07) is 9.17. The van der Waals surface area contributed by atoms with Crippen molar-refractivity contribution in [2.45, 2.75) is 38.1 Å². The molecule has 7 heteroatoms. The number of benzene rings is 1. The lowest BCUT2D eigenvalue weighted by molar-refractivity contribution is -0.146. The molecular formula is C19H21N3O4. The van der Waals surface area contributed by atoms with E-state index in [-0.39, 0.29) is 18.1 Å². The standard InChI is InChI=1S/C19H21N3O4/c1-13-18(26-16-5-3-2-4-15(16)24-13)19(23)22-10-7-14(8-11-22)25-17-6-9-20-12-21-17/h2-6,9,12-14,18H,7-8,10-11H2,1H3. The monoisotopic (exact) mass is 355 g/mol. The van der Waals surface area contributed by atoms with Gasteiger partial charge in [-0.1, -0.05) is 12.1 Å². The molecule has 1 saturated heterocycles. The summed E-state index contributed by atoms with van der Waals surface area (Å²) in [6.45, 7) is 3.12. The molecule has 2 atom stereocenters. The van der Waals surface area contributed by atoms with Gasteiger partial charge in [-0.15, -0.1) is 0 Å². The highest BCUT2D eigenvalue weighted by Crippen LogP contribution is 2.34. The van der Waals surface area contributed by atoms with E-state index < -0.39 is 6.10 Å². The summed E-state index contributed by atoms with van der Waals surface area (Å²) >= 11 is 0. The molecule has 0 radical (unpaired) electrons. The van der Waals surface area contributed by atoms with Crippen LogP contribution < -0.4 is 14.2 Å². The Kier molecular flexibility index (Phi) is 4.60. The summed E-state index contributed by atoms with van der Waals surface area (Å²) in [4.78, 5) is 22.7. The number of ether oxygens (including phenoxy) is 3. The largest absolute Gasteiger partial charge is 0.482 e. The third-order valence-electron chi connectivity index (χ3n) is 4.68. The minimum absolute atomic E-state index is 0.0347. The molecule has 1 aromatic carbocycles. The Bertz CT molecular complexity index is 762.